The average Bonchev–Trinajstić information content (AvgIpc) is 3.53. The normalized spacial score (nSPS) is 17.4. The van der Waals surface area contributed by atoms with Crippen LogP contribution in [0, 0.1) is 13.8 Å². The molecule has 12 heteroatoms. The third-order valence-electron chi connectivity index (χ3n) is 7.37. The van der Waals surface area contributed by atoms with E-state index in [4.69, 9.17) is 4.74 Å². The number of aliphatic hydroxyl groups excluding tert-OH is 1. The summed E-state index contributed by atoms with van der Waals surface area (Å²) in [5, 5.41) is 14.1. The van der Waals surface area contributed by atoms with E-state index in [2.05, 4.69) is 15.0 Å². The summed E-state index contributed by atoms with van der Waals surface area (Å²) in [7, 11) is 1.50. The number of methoxy groups -OCH3 is 1. The highest BCUT2D eigenvalue weighted by molar-refractivity contribution is 7.12. The van der Waals surface area contributed by atoms with Gasteiger partial charge in [0.1, 0.15) is 11.3 Å². The fourth-order valence-corrected chi connectivity index (χ4v) is 6.33. The molecule has 1 aliphatic heterocycles. The maximum Gasteiger partial charge on any atom is 0.433 e. The number of halogens is 3. The summed E-state index contributed by atoms with van der Waals surface area (Å²) >= 11 is 1.63. The lowest BCUT2D eigenvalue weighted by atomic mass is 10.0. The van der Waals surface area contributed by atoms with Crippen molar-refractivity contribution in [1.82, 2.24) is 24.4 Å². The first-order valence-electron chi connectivity index (χ1n) is 12.9. The zero-order valence-electron chi connectivity index (χ0n) is 22.6. The highest BCUT2D eigenvalue weighted by Gasteiger charge is 2.40. The second-order valence-electron chi connectivity index (χ2n) is 9.94. The van der Waals surface area contributed by atoms with Crippen LogP contribution in [0.5, 0.6) is 5.75 Å². The quantitative estimate of drug-likeness (QED) is 0.350. The second-order valence-corrected chi connectivity index (χ2v) is 11.3. The average molecular weight is 574 g/mol. The van der Waals surface area contributed by atoms with Gasteiger partial charge in [0.15, 0.2) is 11.3 Å². The zero-order chi connectivity index (χ0) is 28.8. The first-order valence-corrected chi connectivity index (χ1v) is 13.7. The van der Waals surface area contributed by atoms with Crippen LogP contribution in [0.3, 0.4) is 0 Å². The van der Waals surface area contributed by atoms with Crippen molar-refractivity contribution in [3.8, 4) is 17.0 Å². The minimum Gasteiger partial charge on any atom is -0.497 e. The summed E-state index contributed by atoms with van der Waals surface area (Å²) in [5.41, 5.74) is -0.622. The summed E-state index contributed by atoms with van der Waals surface area (Å²) in [6.07, 6.45) is -3.56. The number of hydrogen-bond donors (Lipinski definition) is 1. The van der Waals surface area contributed by atoms with Gasteiger partial charge in [-0.3, -0.25) is 9.69 Å². The molecule has 3 aromatic heterocycles. The van der Waals surface area contributed by atoms with Crippen LogP contribution in [0.2, 0.25) is 0 Å². The molecule has 2 atom stereocenters. The molecule has 1 aromatic carbocycles. The summed E-state index contributed by atoms with van der Waals surface area (Å²) in [6.45, 7) is 6.57. The van der Waals surface area contributed by atoms with Crippen molar-refractivity contribution >= 4 is 22.9 Å². The van der Waals surface area contributed by atoms with Gasteiger partial charge in [-0.2, -0.15) is 18.3 Å². The molecule has 0 bridgehead atoms. The van der Waals surface area contributed by atoms with E-state index in [0.717, 1.165) is 14.3 Å². The van der Waals surface area contributed by atoms with E-state index in [1.807, 2.05) is 26.0 Å². The lowest BCUT2D eigenvalue weighted by Gasteiger charge is -2.42. The molecule has 4 aromatic rings. The first-order chi connectivity index (χ1) is 19.0. The third-order valence-corrected chi connectivity index (χ3v) is 8.47. The number of aromatic nitrogens is 3. The summed E-state index contributed by atoms with van der Waals surface area (Å²) in [6, 6.07) is 10.2. The van der Waals surface area contributed by atoms with Gasteiger partial charge in [0.2, 0.25) is 0 Å². The predicted molar refractivity (Wildman–Crippen MR) is 146 cm³/mol. The topological polar surface area (TPSA) is 83.2 Å². The lowest BCUT2D eigenvalue weighted by Crippen LogP contribution is -2.55. The number of thiophene rings is 1. The van der Waals surface area contributed by atoms with E-state index in [-0.39, 0.29) is 41.2 Å². The Morgan fingerprint density at radius 3 is 2.48 bits per heavy atom. The Balaban J connectivity index is 1.49. The molecule has 0 aliphatic carbocycles. The second kappa shape index (κ2) is 10.8. The van der Waals surface area contributed by atoms with Crippen LogP contribution in [0.4, 0.5) is 13.2 Å². The number of aliphatic hydroxyl groups is 1. The van der Waals surface area contributed by atoms with Crippen LogP contribution in [0.1, 0.15) is 44.3 Å². The van der Waals surface area contributed by atoms with Crippen LogP contribution < -0.4 is 4.74 Å². The van der Waals surface area contributed by atoms with E-state index < -0.39 is 17.8 Å². The smallest absolute Gasteiger partial charge is 0.433 e. The van der Waals surface area contributed by atoms with Crippen molar-refractivity contribution in [2.24, 2.45) is 0 Å². The summed E-state index contributed by atoms with van der Waals surface area (Å²) in [4.78, 5) is 24.3. The van der Waals surface area contributed by atoms with Gasteiger partial charge in [0.05, 0.1) is 31.6 Å². The van der Waals surface area contributed by atoms with E-state index in [9.17, 15) is 23.1 Å². The maximum atomic E-state index is 14.3. The molecular weight excluding hydrogens is 543 g/mol. The first kappa shape index (κ1) is 28.1. The summed E-state index contributed by atoms with van der Waals surface area (Å²) < 4.78 is 48.7. The van der Waals surface area contributed by atoms with E-state index >= 15 is 0 Å². The number of nitrogens with zero attached hydrogens (tertiary/aromatic N) is 5. The van der Waals surface area contributed by atoms with Crippen LogP contribution in [0.25, 0.3) is 16.9 Å². The number of carbonyl (C=O) groups excluding carboxylic acids is 1. The van der Waals surface area contributed by atoms with Crippen LogP contribution in [0.15, 0.2) is 42.6 Å². The molecule has 0 saturated carbocycles. The highest BCUT2D eigenvalue weighted by Crippen LogP contribution is 2.37. The van der Waals surface area contributed by atoms with E-state index in [1.54, 1.807) is 40.5 Å². The Labute approximate surface area is 233 Å². The number of ether oxygens (including phenoxy) is 1. The molecule has 212 valence electrons. The standard InChI is InChI=1S/C28H30F3N5O3S/c1-16-14-34(22(15-37)23-10-5-17(2)40-23)11-12-35(16)27(38)21-13-32-36-25(28(29,30)31)18(3)24(33-26(21)36)19-6-8-20(39-4)9-7-19/h5-10,13,16,22,37H,11-12,14-15H2,1-4H3/t16-,22+/m1/s1. The molecule has 0 radical (unpaired) electrons. The molecule has 1 saturated heterocycles. The van der Waals surface area contributed by atoms with Crippen molar-refractivity contribution in [3.05, 3.63) is 69.2 Å². The van der Waals surface area contributed by atoms with Crippen molar-refractivity contribution in [1.29, 1.82) is 0 Å². The largest absolute Gasteiger partial charge is 0.497 e. The van der Waals surface area contributed by atoms with Gasteiger partial charge in [-0.15, -0.1) is 11.3 Å². The molecule has 1 amide bonds. The Bertz CT molecular complexity index is 1530. The Morgan fingerprint density at radius 1 is 1.18 bits per heavy atom. The molecule has 1 N–H and O–H groups in total. The predicted octanol–water partition coefficient (Wildman–Crippen LogP) is 4.98. The van der Waals surface area contributed by atoms with Gasteiger partial charge in [0, 0.05) is 46.6 Å². The van der Waals surface area contributed by atoms with Gasteiger partial charge in [-0.05, 0) is 57.2 Å². The fraction of sp³-hybridized carbons (Fsp3) is 0.393. The van der Waals surface area contributed by atoms with Crippen molar-refractivity contribution < 1.29 is 27.8 Å². The van der Waals surface area contributed by atoms with E-state index in [1.165, 1.54) is 20.2 Å². The third kappa shape index (κ3) is 5.06. The number of alkyl halides is 3. The van der Waals surface area contributed by atoms with Crippen molar-refractivity contribution in [3.63, 3.8) is 0 Å². The lowest BCUT2D eigenvalue weighted by molar-refractivity contribution is -0.143. The number of hydrogen-bond acceptors (Lipinski definition) is 7. The SMILES string of the molecule is COc1ccc(-c2nc3c(C(=O)N4CCN([C@@H](CO)c5ccc(C)s5)C[C@H]4C)cnn3c(C(F)(F)F)c2C)cc1. The molecule has 1 fully saturated rings. The number of piperazine rings is 1. The van der Waals surface area contributed by atoms with Gasteiger partial charge in [-0.1, -0.05) is 0 Å². The number of fused-ring (bicyclic) bond motifs is 1. The van der Waals surface area contributed by atoms with Crippen molar-refractivity contribution in [2.75, 3.05) is 33.4 Å². The molecule has 5 rings (SSSR count). The fourth-order valence-electron chi connectivity index (χ4n) is 5.33. The number of benzene rings is 1. The van der Waals surface area contributed by atoms with Gasteiger partial charge in [0.25, 0.3) is 5.91 Å². The minimum absolute atomic E-state index is 0.00755. The molecule has 0 unspecified atom stereocenters. The minimum atomic E-state index is -4.72. The Morgan fingerprint density at radius 2 is 1.90 bits per heavy atom. The Kier molecular flexibility index (Phi) is 7.60. The van der Waals surface area contributed by atoms with Gasteiger partial charge < -0.3 is 14.7 Å². The molecule has 0 spiro atoms. The molecule has 4 heterocycles. The highest BCUT2D eigenvalue weighted by atomic mass is 32.1. The van der Waals surface area contributed by atoms with Crippen LogP contribution in [-0.2, 0) is 6.18 Å². The molecule has 40 heavy (non-hydrogen) atoms. The number of carbonyl (C=O) groups is 1. The number of rotatable bonds is 6. The Hall–Kier alpha value is -3.48. The number of amides is 1. The van der Waals surface area contributed by atoms with Crippen LogP contribution >= 0.6 is 11.3 Å². The van der Waals surface area contributed by atoms with Gasteiger partial charge in [-0.25, -0.2) is 9.50 Å². The molecule has 8 nitrogen and oxygen atoms in total. The van der Waals surface area contributed by atoms with Gasteiger partial charge >= 0.3 is 6.18 Å². The number of aryl methyl sites for hydroxylation is 1. The molecular formula is C28H30F3N5O3S. The molecule has 1 aliphatic rings. The summed E-state index contributed by atoms with van der Waals surface area (Å²) in [5.74, 6) is 0.129. The maximum absolute atomic E-state index is 14.3. The van der Waals surface area contributed by atoms with E-state index in [0.29, 0.717) is 30.9 Å². The van der Waals surface area contributed by atoms with Crippen LogP contribution in [-0.4, -0.2) is 74.8 Å². The van der Waals surface area contributed by atoms with Crippen molar-refractivity contribution in [2.45, 2.75) is 39.0 Å². The zero-order valence-corrected chi connectivity index (χ0v) is 23.4. The monoisotopic (exact) mass is 573 g/mol.